The highest BCUT2D eigenvalue weighted by molar-refractivity contribution is 7.99. The normalized spacial score (nSPS) is 17.0. The fraction of sp³-hybridized carbons (Fsp3) is 0.650. The Labute approximate surface area is 178 Å². The van der Waals surface area contributed by atoms with Crippen LogP contribution in [0.2, 0.25) is 0 Å². The number of sulfonamides is 1. The van der Waals surface area contributed by atoms with Gasteiger partial charge in [-0.25, -0.2) is 17.9 Å². The average Bonchev–Trinajstić information content (AvgIpc) is 2.90. The Morgan fingerprint density at radius 1 is 1.31 bits per heavy atom. The Morgan fingerprint density at radius 2 is 1.97 bits per heavy atom. The molecule has 9 heteroatoms. The summed E-state index contributed by atoms with van der Waals surface area (Å²) in [5.41, 5.74) is -0.0274. The van der Waals surface area contributed by atoms with Crippen molar-refractivity contribution in [2.24, 2.45) is 5.14 Å². The molecule has 0 aliphatic heterocycles. The lowest BCUT2D eigenvalue weighted by Gasteiger charge is -2.25. The van der Waals surface area contributed by atoms with E-state index in [4.69, 9.17) is 5.14 Å². The minimum atomic E-state index is -4.08. The topological polar surface area (TPSA) is 99.2 Å². The number of rotatable bonds is 9. The van der Waals surface area contributed by atoms with Crippen LogP contribution in [0.4, 0.5) is 10.1 Å². The van der Waals surface area contributed by atoms with Gasteiger partial charge in [-0.3, -0.25) is 0 Å². The van der Waals surface area contributed by atoms with Gasteiger partial charge in [-0.1, -0.05) is 25.7 Å². The molecule has 3 N–H and O–H groups in total. The third-order valence-corrected chi connectivity index (χ3v) is 7.38. The molecule has 0 unspecified atom stereocenters. The first kappa shape index (κ1) is 23.9. The molecular weight excluding hydrogens is 411 g/mol. The molecule has 0 bridgehead atoms. The van der Waals surface area contributed by atoms with Crippen LogP contribution < -0.4 is 10.5 Å². The van der Waals surface area contributed by atoms with Gasteiger partial charge in [0, 0.05) is 17.8 Å². The van der Waals surface area contributed by atoms with E-state index >= 15 is 0 Å². The largest absolute Gasteiger partial charge is 0.378 e. The van der Waals surface area contributed by atoms with E-state index in [0.717, 1.165) is 24.3 Å². The smallest absolute Gasteiger partial charge is 0.238 e. The minimum Gasteiger partial charge on any atom is -0.378 e. The predicted molar refractivity (Wildman–Crippen MR) is 117 cm³/mol. The second-order valence-electron chi connectivity index (χ2n) is 7.86. The summed E-state index contributed by atoms with van der Waals surface area (Å²) in [7, 11) is -0.196. The first-order valence-electron chi connectivity index (χ1n) is 10.00. The Kier molecular flexibility index (Phi) is 9.21. The van der Waals surface area contributed by atoms with E-state index in [1.807, 2.05) is 36.8 Å². The van der Waals surface area contributed by atoms with Gasteiger partial charge in [0.1, 0.15) is 11.9 Å². The third kappa shape index (κ3) is 7.78. The third-order valence-electron chi connectivity index (χ3n) is 5.07. The van der Waals surface area contributed by atoms with Gasteiger partial charge < -0.3 is 10.2 Å². The second-order valence-corrected chi connectivity index (χ2v) is 10.8. The highest BCUT2D eigenvalue weighted by atomic mass is 32.2. The zero-order chi connectivity index (χ0) is 21.4. The van der Waals surface area contributed by atoms with Crippen LogP contribution in [0.15, 0.2) is 17.0 Å². The van der Waals surface area contributed by atoms with Gasteiger partial charge in [-0.15, -0.1) is 0 Å². The van der Waals surface area contributed by atoms with E-state index in [0.29, 0.717) is 11.8 Å². The molecule has 1 aliphatic carbocycles. The quantitative estimate of drug-likeness (QED) is 0.568. The number of hydrogen-bond donors (Lipinski definition) is 2. The first-order valence-corrected chi connectivity index (χ1v) is 12.6. The van der Waals surface area contributed by atoms with E-state index < -0.39 is 20.7 Å². The number of nitriles is 1. The maximum atomic E-state index is 14.6. The number of nitrogens with zero attached hydrogens (tertiary/aromatic N) is 2. The fourth-order valence-electron chi connectivity index (χ4n) is 3.62. The predicted octanol–water partition coefficient (Wildman–Crippen LogP) is 3.53. The van der Waals surface area contributed by atoms with Crippen molar-refractivity contribution in [2.45, 2.75) is 61.1 Å². The molecule has 0 aromatic heterocycles. The lowest BCUT2D eigenvalue weighted by atomic mass is 10.1. The molecule has 6 nitrogen and oxygen atoms in total. The van der Waals surface area contributed by atoms with E-state index in [2.05, 4.69) is 5.32 Å². The van der Waals surface area contributed by atoms with E-state index in [-0.39, 0.29) is 17.3 Å². The van der Waals surface area contributed by atoms with Gasteiger partial charge >= 0.3 is 0 Å². The van der Waals surface area contributed by atoms with Crippen molar-refractivity contribution in [3.05, 3.63) is 23.5 Å². The molecule has 1 atom stereocenters. The SMILES string of the molecule is CN(C)C[C@H](CCSC1CCCCCC1)Nc1c(F)cc(S(N)(=O)=O)cc1C#N. The maximum Gasteiger partial charge on any atom is 0.238 e. The van der Waals surface area contributed by atoms with Crippen molar-refractivity contribution in [3.8, 4) is 6.07 Å². The summed E-state index contributed by atoms with van der Waals surface area (Å²) >= 11 is 1.98. The van der Waals surface area contributed by atoms with Crippen molar-refractivity contribution in [1.82, 2.24) is 4.90 Å². The van der Waals surface area contributed by atoms with Crippen LogP contribution in [0.5, 0.6) is 0 Å². The molecule has 1 fully saturated rings. The lowest BCUT2D eigenvalue weighted by molar-refractivity contribution is 0.379. The number of thioether (sulfide) groups is 1. The van der Waals surface area contributed by atoms with Crippen LogP contribution in [0.3, 0.4) is 0 Å². The van der Waals surface area contributed by atoms with Crippen LogP contribution in [-0.4, -0.2) is 51.0 Å². The molecule has 29 heavy (non-hydrogen) atoms. The van der Waals surface area contributed by atoms with Gasteiger partial charge in [0.15, 0.2) is 0 Å². The Morgan fingerprint density at radius 3 is 2.52 bits per heavy atom. The molecule has 1 aliphatic rings. The van der Waals surface area contributed by atoms with Crippen molar-refractivity contribution in [3.63, 3.8) is 0 Å². The Bertz CT molecular complexity index is 817. The molecule has 0 spiro atoms. The molecule has 1 aromatic rings. The zero-order valence-electron chi connectivity index (χ0n) is 17.2. The number of primary sulfonamides is 1. The maximum absolute atomic E-state index is 14.6. The molecule has 1 aromatic carbocycles. The molecule has 0 amide bonds. The Balaban J connectivity index is 2.10. The monoisotopic (exact) mass is 442 g/mol. The summed E-state index contributed by atoms with van der Waals surface area (Å²) in [6, 6.07) is 3.80. The van der Waals surface area contributed by atoms with Gasteiger partial charge in [0.05, 0.1) is 16.1 Å². The second kappa shape index (κ2) is 11.2. The van der Waals surface area contributed by atoms with Gasteiger partial charge in [-0.2, -0.15) is 17.0 Å². The summed E-state index contributed by atoms with van der Waals surface area (Å²) in [6.45, 7) is 0.673. The summed E-state index contributed by atoms with van der Waals surface area (Å²) in [4.78, 5) is 1.61. The molecule has 0 heterocycles. The highest BCUT2D eigenvalue weighted by Gasteiger charge is 2.20. The number of hydrogen-bond acceptors (Lipinski definition) is 6. The zero-order valence-corrected chi connectivity index (χ0v) is 18.8. The first-order chi connectivity index (χ1) is 13.7. The van der Waals surface area contributed by atoms with E-state index in [1.165, 1.54) is 38.5 Å². The lowest BCUT2D eigenvalue weighted by Crippen LogP contribution is -2.33. The van der Waals surface area contributed by atoms with Crippen LogP contribution >= 0.6 is 11.8 Å². The van der Waals surface area contributed by atoms with Crippen LogP contribution in [0, 0.1) is 17.1 Å². The van der Waals surface area contributed by atoms with Gasteiger partial charge in [-0.05, 0) is 51.2 Å². The van der Waals surface area contributed by atoms with Crippen LogP contribution in [0.1, 0.15) is 50.5 Å². The summed E-state index contributed by atoms with van der Waals surface area (Å²) in [6.07, 6.45) is 8.59. The summed E-state index contributed by atoms with van der Waals surface area (Å²) < 4.78 is 37.7. The van der Waals surface area contributed by atoms with Crippen molar-refractivity contribution in [2.75, 3.05) is 31.7 Å². The van der Waals surface area contributed by atoms with Crippen molar-refractivity contribution >= 4 is 27.5 Å². The number of anilines is 1. The highest BCUT2D eigenvalue weighted by Crippen LogP contribution is 2.29. The van der Waals surface area contributed by atoms with Crippen LogP contribution in [-0.2, 0) is 10.0 Å². The number of likely N-dealkylation sites (N-methyl/N-ethyl adjacent to an activating group) is 1. The Hall–Kier alpha value is -1.34. The number of nitrogens with one attached hydrogen (secondary N) is 1. The standard InChI is InChI=1S/C20H31FN4O2S2/c1-25(2)14-16(9-10-28-17-7-5-3-4-6-8-17)24-20-15(13-22)11-18(12-19(20)21)29(23,26)27/h11-12,16-17,24H,3-10,14H2,1-2H3,(H2,23,26,27)/t16-/m0/s1. The van der Waals surface area contributed by atoms with Crippen molar-refractivity contribution in [1.29, 1.82) is 5.26 Å². The van der Waals surface area contributed by atoms with Crippen LogP contribution in [0.25, 0.3) is 0 Å². The van der Waals surface area contributed by atoms with Gasteiger partial charge in [0.25, 0.3) is 0 Å². The van der Waals surface area contributed by atoms with Gasteiger partial charge in [0.2, 0.25) is 10.0 Å². The molecule has 2 rings (SSSR count). The molecular formula is C20H31FN4O2S2. The average molecular weight is 443 g/mol. The van der Waals surface area contributed by atoms with E-state index in [9.17, 15) is 18.1 Å². The molecule has 1 saturated carbocycles. The molecule has 0 radical (unpaired) electrons. The molecule has 0 saturated heterocycles. The van der Waals surface area contributed by atoms with Crippen molar-refractivity contribution < 1.29 is 12.8 Å². The molecule has 162 valence electrons. The summed E-state index contributed by atoms with van der Waals surface area (Å²) in [5.74, 6) is 0.169. The fourth-order valence-corrected chi connectivity index (χ4v) is 5.59. The number of nitrogens with two attached hydrogens (primary N) is 1. The number of halogens is 1. The van der Waals surface area contributed by atoms with E-state index in [1.54, 1.807) is 0 Å². The number of benzene rings is 1. The minimum absolute atomic E-state index is 0.0335. The summed E-state index contributed by atoms with van der Waals surface area (Å²) in [5, 5.41) is 18.3.